The van der Waals surface area contributed by atoms with E-state index in [-0.39, 0.29) is 58.5 Å². The normalized spacial score (nSPS) is 13.8. The number of nitrogen functional groups attached to an aromatic ring is 1. The zero-order chi connectivity index (χ0) is 66.4. The van der Waals surface area contributed by atoms with E-state index in [0.717, 1.165) is 56.5 Å². The van der Waals surface area contributed by atoms with Crippen molar-refractivity contribution < 1.29 is 56.4 Å². The number of rotatable bonds is 22. The SMILES string of the molecule is Cc1ccc(S(=O)(=O)N(CC(=O)N(Cc2ccc(C3CCCCC3)cc2)c2ccc(C(=O)O)c(O)c2)Cc2cccc(N)c2)cc1.[C-]#[N+]c1cccc(CN(CC(=O)N(Cc2ccc(C3CCCCC3)cc2)c2ccc(C(=O)O)c(O)c2)S(=O)(=O)c2ccc(C)cc2)c1. The van der Waals surface area contributed by atoms with Gasteiger partial charge in [-0.1, -0.05) is 159 Å². The number of benzene rings is 8. The van der Waals surface area contributed by atoms with Gasteiger partial charge in [-0.3, -0.25) is 9.59 Å². The van der Waals surface area contributed by atoms with Gasteiger partial charge >= 0.3 is 11.9 Å². The highest BCUT2D eigenvalue weighted by molar-refractivity contribution is 7.89. The number of aryl methyl sites for hydroxylation is 2. The molecule has 2 amide bonds. The Bertz CT molecular complexity index is 4240. The minimum Gasteiger partial charge on any atom is -0.507 e. The van der Waals surface area contributed by atoms with Crippen molar-refractivity contribution in [2.24, 2.45) is 0 Å². The number of aromatic hydroxyl groups is 2. The number of sulfonamides is 2. The Hall–Kier alpha value is -9.65. The Labute approximate surface area is 543 Å². The molecule has 2 saturated carbocycles. The van der Waals surface area contributed by atoms with Crippen LogP contribution in [0.15, 0.2) is 192 Å². The van der Waals surface area contributed by atoms with Gasteiger partial charge in [0.25, 0.3) is 0 Å². The molecule has 0 bridgehead atoms. The molecular formula is C73H76N6O12S2. The summed E-state index contributed by atoms with van der Waals surface area (Å²) >= 11 is 0. The van der Waals surface area contributed by atoms with Crippen molar-refractivity contribution in [3.63, 3.8) is 0 Å². The maximum atomic E-state index is 14.2. The first-order valence-corrected chi connectivity index (χ1v) is 33.8. The van der Waals surface area contributed by atoms with Crippen LogP contribution in [0.4, 0.5) is 22.7 Å². The van der Waals surface area contributed by atoms with E-state index >= 15 is 0 Å². The molecule has 8 aromatic rings. The van der Waals surface area contributed by atoms with Crippen molar-refractivity contribution >= 4 is 66.5 Å². The molecule has 10 rings (SSSR count). The Kier molecular flexibility index (Phi) is 22.3. The molecule has 0 heterocycles. The van der Waals surface area contributed by atoms with Crippen molar-refractivity contribution in [3.05, 3.63) is 249 Å². The van der Waals surface area contributed by atoms with Crippen LogP contribution in [0.2, 0.25) is 0 Å². The first kappa shape index (κ1) is 67.7. The molecular weight excluding hydrogens is 1220 g/mol. The number of carbonyl (C=O) groups is 4. The second kappa shape index (κ2) is 30.6. The summed E-state index contributed by atoms with van der Waals surface area (Å²) in [5, 5.41) is 39.9. The lowest BCUT2D eigenvalue weighted by Crippen LogP contribution is -2.42. The minimum absolute atomic E-state index is 0.0190. The van der Waals surface area contributed by atoms with Gasteiger partial charge < -0.3 is 36.0 Å². The van der Waals surface area contributed by atoms with Crippen LogP contribution in [0.5, 0.6) is 11.5 Å². The molecule has 6 N–H and O–H groups in total. The zero-order valence-electron chi connectivity index (χ0n) is 52.0. The van der Waals surface area contributed by atoms with E-state index in [1.807, 2.05) is 38.1 Å². The number of nitrogens with zero attached hydrogens (tertiary/aromatic N) is 5. The largest absolute Gasteiger partial charge is 0.507 e. The standard InChI is InChI=1S/C37H37N3O6S.C36H39N3O6S/c1-26-11-18-33(19-12-26)47(45,46)39(23-28-7-6-10-31(21-28)38-2)25-36(42)40(32-17-20-34(37(43)44)35(41)22-32)24-27-13-15-30(16-14-27)29-8-4-3-5-9-29;1-25-10-17-32(18-11-25)46(44,45)38(22-27-6-5-9-30(37)20-27)24-35(41)39(31-16-19-33(36(42)43)34(40)21-31)23-26-12-14-29(15-13-26)28-7-3-2-4-8-28/h6-7,10-22,29,41H,3-5,8-9,23-25H2,1H3,(H,43,44);5-6,9-21,28,40H,2-4,7-8,22-24,37H2,1H3,(H,42,43). The first-order valence-electron chi connectivity index (χ1n) is 30.9. The number of amides is 2. The minimum atomic E-state index is -4.18. The van der Waals surface area contributed by atoms with Gasteiger partial charge in [-0.05, 0) is 145 Å². The molecule has 0 unspecified atom stereocenters. The second-order valence-corrected chi connectivity index (χ2v) is 27.7. The van der Waals surface area contributed by atoms with Crippen LogP contribution in [-0.2, 0) is 55.8 Å². The molecule has 93 heavy (non-hydrogen) atoms. The summed E-state index contributed by atoms with van der Waals surface area (Å²) in [5.41, 5.74) is 13.6. The van der Waals surface area contributed by atoms with Crippen LogP contribution < -0.4 is 15.5 Å². The molecule has 0 aliphatic heterocycles. The van der Waals surface area contributed by atoms with Gasteiger partial charge in [-0.25, -0.2) is 31.3 Å². The van der Waals surface area contributed by atoms with Gasteiger partial charge in [0.05, 0.1) is 42.5 Å². The summed E-state index contributed by atoms with van der Waals surface area (Å²) in [5.74, 6) is -3.77. The lowest BCUT2D eigenvalue weighted by atomic mass is 9.84. The number of nitrogens with two attached hydrogens (primary N) is 1. The van der Waals surface area contributed by atoms with E-state index in [4.69, 9.17) is 12.3 Å². The van der Waals surface area contributed by atoms with E-state index in [0.29, 0.717) is 34.3 Å². The molecule has 2 aliphatic rings. The number of hydrogen-bond acceptors (Lipinski definition) is 11. The molecule has 0 saturated heterocycles. The quantitative estimate of drug-likeness (QED) is 0.0313. The molecule has 2 aliphatic carbocycles. The molecule has 8 aromatic carbocycles. The number of carboxylic acids is 2. The highest BCUT2D eigenvalue weighted by atomic mass is 32.2. The molecule has 0 aromatic heterocycles. The summed E-state index contributed by atoms with van der Waals surface area (Å²) in [4.78, 5) is 57.8. The maximum absolute atomic E-state index is 14.2. The number of aromatic carboxylic acids is 2. The highest BCUT2D eigenvalue weighted by Gasteiger charge is 2.33. The summed E-state index contributed by atoms with van der Waals surface area (Å²) in [7, 11) is -8.32. The second-order valence-electron chi connectivity index (χ2n) is 23.8. The molecule has 2 fully saturated rings. The number of carboxylic acid groups (broad SMARTS) is 2. The number of anilines is 3. The van der Waals surface area contributed by atoms with Gasteiger partial charge in [0, 0.05) is 42.3 Å². The molecule has 0 radical (unpaired) electrons. The fourth-order valence-corrected chi connectivity index (χ4v) is 14.6. The maximum Gasteiger partial charge on any atom is 0.339 e. The van der Waals surface area contributed by atoms with Crippen molar-refractivity contribution in [2.75, 3.05) is 28.6 Å². The monoisotopic (exact) mass is 1290 g/mol. The molecule has 18 nitrogen and oxygen atoms in total. The Morgan fingerprint density at radius 3 is 1.23 bits per heavy atom. The third kappa shape index (κ3) is 17.5. The smallest absolute Gasteiger partial charge is 0.339 e. The first-order chi connectivity index (χ1) is 44.6. The lowest BCUT2D eigenvalue weighted by Gasteiger charge is -2.28. The Balaban J connectivity index is 0.000000219. The van der Waals surface area contributed by atoms with Crippen LogP contribution in [0.25, 0.3) is 4.85 Å². The summed E-state index contributed by atoms with van der Waals surface area (Å²) < 4.78 is 58.1. The van der Waals surface area contributed by atoms with Gasteiger partial charge in [-0.15, -0.1) is 0 Å². The van der Waals surface area contributed by atoms with E-state index in [1.54, 1.807) is 72.8 Å². The fourth-order valence-electron chi connectivity index (χ4n) is 11.9. The topological polar surface area (TPSA) is 261 Å². The predicted molar refractivity (Wildman–Crippen MR) is 358 cm³/mol. The third-order valence-corrected chi connectivity index (χ3v) is 20.7. The van der Waals surface area contributed by atoms with Gasteiger partial charge in [-0.2, -0.15) is 8.61 Å². The van der Waals surface area contributed by atoms with Gasteiger partial charge in [0.15, 0.2) is 5.69 Å². The van der Waals surface area contributed by atoms with Crippen LogP contribution in [0, 0.1) is 20.4 Å². The number of hydrogen-bond donors (Lipinski definition) is 5. The predicted octanol–water partition coefficient (Wildman–Crippen LogP) is 13.9. The number of carbonyl (C=O) groups excluding carboxylic acids is 2. The van der Waals surface area contributed by atoms with Crippen molar-refractivity contribution in [3.8, 4) is 11.5 Å². The van der Waals surface area contributed by atoms with Gasteiger partial charge in [0.2, 0.25) is 31.9 Å². The van der Waals surface area contributed by atoms with E-state index in [1.165, 1.54) is 120 Å². The Morgan fingerprint density at radius 2 is 0.860 bits per heavy atom. The average Bonchev–Trinajstić information content (AvgIpc) is 0.841. The lowest BCUT2D eigenvalue weighted by molar-refractivity contribution is -0.119. The van der Waals surface area contributed by atoms with Crippen molar-refractivity contribution in [1.82, 2.24) is 8.61 Å². The molecule has 482 valence electrons. The zero-order valence-corrected chi connectivity index (χ0v) is 53.6. The van der Waals surface area contributed by atoms with Crippen LogP contribution in [-0.4, -0.2) is 82.7 Å². The average molecular weight is 1290 g/mol. The molecule has 0 atom stereocenters. The van der Waals surface area contributed by atoms with Crippen LogP contribution in [0.1, 0.15) is 141 Å². The van der Waals surface area contributed by atoms with Crippen LogP contribution >= 0.6 is 0 Å². The Morgan fingerprint density at radius 1 is 0.473 bits per heavy atom. The third-order valence-electron chi connectivity index (χ3n) is 17.1. The van der Waals surface area contributed by atoms with E-state index in [9.17, 15) is 56.4 Å². The summed E-state index contributed by atoms with van der Waals surface area (Å²) in [6.07, 6.45) is 11.9. The summed E-state index contributed by atoms with van der Waals surface area (Å²) in [6.45, 7) is 9.86. The van der Waals surface area contributed by atoms with Crippen molar-refractivity contribution in [2.45, 2.75) is 126 Å². The van der Waals surface area contributed by atoms with Gasteiger partial charge in [0.1, 0.15) is 22.6 Å². The fraction of sp³-hybridized carbons (Fsp3) is 0.274. The van der Waals surface area contributed by atoms with E-state index < -0.39 is 68.4 Å². The summed E-state index contributed by atoms with van der Waals surface area (Å²) in [6, 6.07) is 50.0. The van der Waals surface area contributed by atoms with E-state index in [2.05, 4.69) is 29.1 Å². The molecule has 0 spiro atoms. The van der Waals surface area contributed by atoms with Crippen molar-refractivity contribution in [1.29, 1.82) is 0 Å². The highest BCUT2D eigenvalue weighted by Crippen LogP contribution is 2.36. The van der Waals surface area contributed by atoms with Crippen LogP contribution in [0.3, 0.4) is 0 Å². The molecule has 20 heteroatoms. The number of phenols is 2.